The highest BCUT2D eigenvalue weighted by Crippen LogP contribution is 2.32. The normalized spacial score (nSPS) is 11.8. The molecule has 0 spiro atoms. The van der Waals surface area contributed by atoms with Gasteiger partial charge in [0.05, 0.1) is 28.8 Å². The van der Waals surface area contributed by atoms with Crippen molar-refractivity contribution in [3.8, 4) is 0 Å². The predicted octanol–water partition coefficient (Wildman–Crippen LogP) is 4.47. The highest BCUT2D eigenvalue weighted by atomic mass is 32.2. The zero-order valence-corrected chi connectivity index (χ0v) is 17.2. The molecule has 5 nitrogen and oxygen atoms in total. The molecule has 0 unspecified atom stereocenters. The lowest BCUT2D eigenvalue weighted by atomic mass is 10.2. The fourth-order valence-electron chi connectivity index (χ4n) is 2.92. The van der Waals surface area contributed by atoms with Crippen molar-refractivity contribution < 1.29 is 18.0 Å². The van der Waals surface area contributed by atoms with Gasteiger partial charge in [-0.2, -0.15) is 13.2 Å². The van der Waals surface area contributed by atoms with Crippen molar-refractivity contribution in [1.29, 1.82) is 0 Å². The van der Waals surface area contributed by atoms with Crippen LogP contribution < -0.4 is 5.56 Å². The summed E-state index contributed by atoms with van der Waals surface area (Å²) in [4.78, 5) is 34.0. The van der Waals surface area contributed by atoms with Gasteiger partial charge >= 0.3 is 6.18 Å². The second-order valence-electron chi connectivity index (χ2n) is 6.96. The van der Waals surface area contributed by atoms with E-state index in [9.17, 15) is 22.8 Å². The van der Waals surface area contributed by atoms with Crippen LogP contribution in [0.1, 0.15) is 25.2 Å². The number of nitrogens with one attached hydrogen (secondary N) is 1. The number of alkyl halides is 3. The molecule has 0 aliphatic heterocycles. The van der Waals surface area contributed by atoms with E-state index in [4.69, 9.17) is 0 Å². The molecule has 0 aliphatic rings. The van der Waals surface area contributed by atoms with E-state index in [2.05, 4.69) is 9.97 Å². The SMILES string of the molecule is CC(C)N(Cc1nc2ccccc2c(=O)[nH]1)C(=O)CSc1cccc(C(F)(F)F)c1. The quantitative estimate of drug-likeness (QED) is 0.580. The van der Waals surface area contributed by atoms with Crippen molar-refractivity contribution >= 4 is 28.6 Å². The lowest BCUT2D eigenvalue weighted by molar-refractivity contribution is -0.137. The maximum atomic E-state index is 12.9. The lowest BCUT2D eigenvalue weighted by Gasteiger charge is -2.26. The van der Waals surface area contributed by atoms with Crippen LogP contribution in [0.3, 0.4) is 0 Å². The van der Waals surface area contributed by atoms with Crippen molar-refractivity contribution in [3.05, 3.63) is 70.3 Å². The van der Waals surface area contributed by atoms with Crippen LogP contribution in [-0.4, -0.2) is 32.6 Å². The van der Waals surface area contributed by atoms with Crippen molar-refractivity contribution in [2.75, 3.05) is 5.75 Å². The van der Waals surface area contributed by atoms with Gasteiger partial charge in [-0.05, 0) is 44.2 Å². The van der Waals surface area contributed by atoms with Crippen LogP contribution in [0, 0.1) is 0 Å². The molecule has 30 heavy (non-hydrogen) atoms. The number of thioether (sulfide) groups is 1. The molecule has 1 heterocycles. The van der Waals surface area contributed by atoms with Gasteiger partial charge < -0.3 is 9.88 Å². The number of carbonyl (C=O) groups is 1. The summed E-state index contributed by atoms with van der Waals surface area (Å²) in [6.07, 6.45) is -4.43. The van der Waals surface area contributed by atoms with Gasteiger partial charge in [-0.1, -0.05) is 18.2 Å². The van der Waals surface area contributed by atoms with Gasteiger partial charge in [-0.15, -0.1) is 11.8 Å². The monoisotopic (exact) mass is 435 g/mol. The van der Waals surface area contributed by atoms with E-state index in [0.29, 0.717) is 21.6 Å². The number of rotatable bonds is 6. The van der Waals surface area contributed by atoms with Gasteiger partial charge in [0.2, 0.25) is 5.91 Å². The van der Waals surface area contributed by atoms with Crippen molar-refractivity contribution in [1.82, 2.24) is 14.9 Å². The maximum Gasteiger partial charge on any atom is 0.416 e. The fourth-order valence-corrected chi connectivity index (χ4v) is 3.76. The number of para-hydroxylation sites is 1. The highest BCUT2D eigenvalue weighted by Gasteiger charge is 2.30. The van der Waals surface area contributed by atoms with Crippen LogP contribution in [0.5, 0.6) is 0 Å². The van der Waals surface area contributed by atoms with E-state index in [1.165, 1.54) is 17.0 Å². The molecule has 0 saturated heterocycles. The molecule has 0 bridgehead atoms. The minimum Gasteiger partial charge on any atom is -0.332 e. The number of fused-ring (bicyclic) bond motifs is 1. The van der Waals surface area contributed by atoms with E-state index in [1.807, 2.05) is 13.8 Å². The number of amides is 1. The Balaban J connectivity index is 1.74. The van der Waals surface area contributed by atoms with Crippen LogP contribution in [-0.2, 0) is 17.5 Å². The summed E-state index contributed by atoms with van der Waals surface area (Å²) in [5.74, 6) is 0.0603. The predicted molar refractivity (Wildman–Crippen MR) is 110 cm³/mol. The van der Waals surface area contributed by atoms with Crippen molar-refractivity contribution in [2.45, 2.75) is 37.5 Å². The summed E-state index contributed by atoms with van der Waals surface area (Å²) in [5.41, 5.74) is -0.505. The zero-order valence-electron chi connectivity index (χ0n) is 16.4. The fraction of sp³-hybridized carbons (Fsp3) is 0.286. The molecule has 158 valence electrons. The molecule has 0 aliphatic carbocycles. The Bertz CT molecular complexity index is 1110. The van der Waals surface area contributed by atoms with Crippen molar-refractivity contribution in [2.24, 2.45) is 0 Å². The average Bonchev–Trinajstić information content (AvgIpc) is 2.69. The van der Waals surface area contributed by atoms with Gasteiger partial charge in [-0.25, -0.2) is 4.98 Å². The largest absolute Gasteiger partial charge is 0.416 e. The standard InChI is InChI=1S/C21H20F3N3O2S/c1-13(2)27(11-18-25-17-9-4-3-8-16(17)20(29)26-18)19(28)12-30-15-7-5-6-14(10-15)21(22,23)24/h3-10,13H,11-12H2,1-2H3,(H,25,26,29). The topological polar surface area (TPSA) is 66.1 Å². The summed E-state index contributed by atoms with van der Waals surface area (Å²) in [6, 6.07) is 11.6. The minimum absolute atomic E-state index is 0.0305. The molecule has 3 aromatic rings. The summed E-state index contributed by atoms with van der Waals surface area (Å²) < 4.78 is 38.6. The smallest absolute Gasteiger partial charge is 0.332 e. The van der Waals surface area contributed by atoms with Crippen molar-refractivity contribution in [3.63, 3.8) is 0 Å². The molecule has 1 amide bonds. The highest BCUT2D eigenvalue weighted by molar-refractivity contribution is 8.00. The number of benzene rings is 2. The van der Waals surface area contributed by atoms with Crippen LogP contribution >= 0.6 is 11.8 Å². The second kappa shape index (κ2) is 8.91. The van der Waals surface area contributed by atoms with Crippen LogP contribution in [0.15, 0.2) is 58.2 Å². The minimum atomic E-state index is -4.43. The number of carbonyl (C=O) groups excluding carboxylic acids is 1. The first-order valence-corrected chi connectivity index (χ1v) is 10.2. The molecule has 0 fully saturated rings. The number of halogens is 3. The first-order chi connectivity index (χ1) is 14.1. The summed E-state index contributed by atoms with van der Waals surface area (Å²) >= 11 is 1.04. The van der Waals surface area contributed by atoms with Gasteiger partial charge in [-0.3, -0.25) is 9.59 Å². The number of H-pyrrole nitrogens is 1. The molecule has 0 saturated carbocycles. The number of hydrogen-bond donors (Lipinski definition) is 1. The number of nitrogens with zero attached hydrogens (tertiary/aromatic N) is 2. The zero-order chi connectivity index (χ0) is 21.9. The van der Waals surface area contributed by atoms with Crippen LogP contribution in [0.4, 0.5) is 13.2 Å². The molecule has 1 N–H and O–H groups in total. The second-order valence-corrected chi connectivity index (χ2v) is 8.01. The Morgan fingerprint density at radius 3 is 2.60 bits per heavy atom. The number of aromatic nitrogens is 2. The molecule has 2 aromatic carbocycles. The molecule has 0 atom stereocenters. The Labute approximate surface area is 175 Å². The van der Waals surface area contributed by atoms with E-state index in [1.54, 1.807) is 24.3 Å². The lowest BCUT2D eigenvalue weighted by Crippen LogP contribution is -2.38. The van der Waals surface area contributed by atoms with Crippen LogP contribution in [0.25, 0.3) is 10.9 Å². The number of hydrogen-bond acceptors (Lipinski definition) is 4. The van der Waals surface area contributed by atoms with E-state index in [0.717, 1.165) is 23.9 Å². The average molecular weight is 435 g/mol. The summed E-state index contributed by atoms with van der Waals surface area (Å²) in [6.45, 7) is 3.75. The third-order valence-corrected chi connectivity index (χ3v) is 5.43. The van der Waals surface area contributed by atoms with Gasteiger partial charge in [0.25, 0.3) is 5.56 Å². The molecule has 9 heteroatoms. The Morgan fingerprint density at radius 2 is 1.90 bits per heavy atom. The first-order valence-electron chi connectivity index (χ1n) is 9.22. The van der Waals surface area contributed by atoms with Crippen LogP contribution in [0.2, 0.25) is 0 Å². The molecule has 0 radical (unpaired) electrons. The molecular weight excluding hydrogens is 415 g/mol. The van der Waals surface area contributed by atoms with E-state index in [-0.39, 0.29) is 29.8 Å². The summed E-state index contributed by atoms with van der Waals surface area (Å²) in [7, 11) is 0. The molecule has 1 aromatic heterocycles. The Kier molecular flexibility index (Phi) is 6.50. The molecule has 3 rings (SSSR count). The summed E-state index contributed by atoms with van der Waals surface area (Å²) in [5, 5.41) is 0.462. The van der Waals surface area contributed by atoms with Gasteiger partial charge in [0.1, 0.15) is 5.82 Å². The third kappa shape index (κ3) is 5.21. The number of aromatic amines is 1. The molecular formula is C21H20F3N3O2S. The maximum absolute atomic E-state index is 12.9. The Hall–Kier alpha value is -2.81. The van der Waals surface area contributed by atoms with E-state index < -0.39 is 11.7 Å². The van der Waals surface area contributed by atoms with Gasteiger partial charge in [0.15, 0.2) is 0 Å². The Morgan fingerprint density at radius 1 is 1.17 bits per heavy atom. The first kappa shape index (κ1) is 21.9. The third-order valence-electron chi connectivity index (χ3n) is 4.45. The van der Waals surface area contributed by atoms with E-state index >= 15 is 0 Å². The van der Waals surface area contributed by atoms with Gasteiger partial charge in [0, 0.05) is 10.9 Å².